The van der Waals surface area contributed by atoms with Crippen molar-refractivity contribution in [2.45, 2.75) is 26.7 Å². The summed E-state index contributed by atoms with van der Waals surface area (Å²) >= 11 is 0. The van der Waals surface area contributed by atoms with Crippen molar-refractivity contribution in [3.63, 3.8) is 0 Å². The molecule has 0 bridgehead atoms. The van der Waals surface area contributed by atoms with Crippen molar-refractivity contribution in [3.05, 3.63) is 59.7 Å². The standard InChI is InChI=1S/C20H25NO3/c1-3-23-18-13-11-17(12-14-18)20(22)21-15-7-9-16-8-5-6-10-19(16)24-4-2/h5-6,8,10-14H,3-4,7,9,15H2,1-2H3,(H,21,22). The van der Waals surface area contributed by atoms with Crippen LogP contribution in [0.25, 0.3) is 0 Å². The second kappa shape index (κ2) is 9.60. The van der Waals surface area contributed by atoms with Crippen LogP contribution in [0.3, 0.4) is 0 Å². The Kier molecular flexibility index (Phi) is 7.15. The molecule has 0 aliphatic rings. The van der Waals surface area contributed by atoms with E-state index in [0.717, 1.165) is 24.3 Å². The lowest BCUT2D eigenvalue weighted by atomic mass is 10.1. The minimum Gasteiger partial charge on any atom is -0.494 e. The van der Waals surface area contributed by atoms with Crippen LogP contribution in [0, 0.1) is 0 Å². The van der Waals surface area contributed by atoms with Gasteiger partial charge in [-0.05, 0) is 62.6 Å². The lowest BCUT2D eigenvalue weighted by molar-refractivity contribution is 0.0953. The first-order valence-corrected chi connectivity index (χ1v) is 8.46. The smallest absolute Gasteiger partial charge is 0.251 e. The normalized spacial score (nSPS) is 10.2. The zero-order valence-electron chi connectivity index (χ0n) is 14.4. The van der Waals surface area contributed by atoms with Crippen molar-refractivity contribution >= 4 is 5.91 Å². The van der Waals surface area contributed by atoms with Gasteiger partial charge in [0, 0.05) is 12.1 Å². The quantitative estimate of drug-likeness (QED) is 0.712. The fourth-order valence-electron chi connectivity index (χ4n) is 2.46. The summed E-state index contributed by atoms with van der Waals surface area (Å²) in [5, 5.41) is 2.95. The van der Waals surface area contributed by atoms with Gasteiger partial charge in [0.05, 0.1) is 13.2 Å². The summed E-state index contributed by atoms with van der Waals surface area (Å²) in [5.41, 5.74) is 1.82. The van der Waals surface area contributed by atoms with E-state index in [9.17, 15) is 4.79 Å². The van der Waals surface area contributed by atoms with Gasteiger partial charge in [-0.25, -0.2) is 0 Å². The van der Waals surface area contributed by atoms with Gasteiger partial charge in [0.2, 0.25) is 0 Å². The van der Waals surface area contributed by atoms with Crippen molar-refractivity contribution in [2.24, 2.45) is 0 Å². The zero-order chi connectivity index (χ0) is 17.2. The molecule has 24 heavy (non-hydrogen) atoms. The average Bonchev–Trinajstić information content (AvgIpc) is 2.61. The maximum atomic E-state index is 12.1. The van der Waals surface area contributed by atoms with Crippen molar-refractivity contribution in [1.29, 1.82) is 0 Å². The summed E-state index contributed by atoms with van der Waals surface area (Å²) in [5.74, 6) is 1.65. The van der Waals surface area contributed by atoms with Crippen LogP contribution in [0.2, 0.25) is 0 Å². The molecule has 0 fully saturated rings. The van der Waals surface area contributed by atoms with Gasteiger partial charge in [-0.1, -0.05) is 18.2 Å². The first-order valence-electron chi connectivity index (χ1n) is 8.46. The predicted octanol–water partition coefficient (Wildman–Crippen LogP) is 3.85. The SMILES string of the molecule is CCOc1ccc(C(=O)NCCCc2ccccc2OCC)cc1. The Bertz CT molecular complexity index is 638. The van der Waals surface area contributed by atoms with Crippen LogP contribution in [0.15, 0.2) is 48.5 Å². The van der Waals surface area contributed by atoms with E-state index >= 15 is 0 Å². The molecule has 0 spiro atoms. The van der Waals surface area contributed by atoms with Crippen molar-refractivity contribution in [3.8, 4) is 11.5 Å². The Labute approximate surface area is 143 Å². The van der Waals surface area contributed by atoms with Gasteiger partial charge in [-0.2, -0.15) is 0 Å². The first-order chi connectivity index (χ1) is 11.7. The molecule has 4 nitrogen and oxygen atoms in total. The monoisotopic (exact) mass is 327 g/mol. The molecule has 0 aliphatic heterocycles. The van der Waals surface area contributed by atoms with Crippen LogP contribution in [-0.4, -0.2) is 25.7 Å². The largest absolute Gasteiger partial charge is 0.494 e. The van der Waals surface area contributed by atoms with E-state index in [1.54, 1.807) is 12.1 Å². The second-order valence-electron chi connectivity index (χ2n) is 5.36. The highest BCUT2D eigenvalue weighted by molar-refractivity contribution is 5.94. The highest BCUT2D eigenvalue weighted by Gasteiger charge is 2.06. The Morgan fingerprint density at radius 3 is 2.38 bits per heavy atom. The van der Waals surface area contributed by atoms with E-state index in [2.05, 4.69) is 11.4 Å². The molecule has 1 N–H and O–H groups in total. The number of nitrogens with one attached hydrogen (secondary N) is 1. The molecule has 4 heteroatoms. The molecule has 0 radical (unpaired) electrons. The lowest BCUT2D eigenvalue weighted by Gasteiger charge is -2.10. The van der Waals surface area contributed by atoms with Crippen LogP contribution in [0.1, 0.15) is 36.2 Å². The molecule has 0 saturated carbocycles. The number of hydrogen-bond acceptors (Lipinski definition) is 3. The minimum atomic E-state index is -0.0591. The first kappa shape index (κ1) is 17.9. The fourth-order valence-corrected chi connectivity index (χ4v) is 2.46. The number of para-hydroxylation sites is 1. The number of benzene rings is 2. The Hall–Kier alpha value is -2.49. The van der Waals surface area contributed by atoms with Crippen molar-refractivity contribution < 1.29 is 14.3 Å². The van der Waals surface area contributed by atoms with Gasteiger partial charge in [-0.15, -0.1) is 0 Å². The summed E-state index contributed by atoms with van der Waals surface area (Å²) in [7, 11) is 0. The number of carbonyl (C=O) groups excluding carboxylic acids is 1. The van der Waals surface area contributed by atoms with Crippen LogP contribution in [0.4, 0.5) is 0 Å². The number of amides is 1. The maximum absolute atomic E-state index is 12.1. The van der Waals surface area contributed by atoms with Gasteiger partial charge >= 0.3 is 0 Å². The van der Waals surface area contributed by atoms with Gasteiger partial charge in [0.25, 0.3) is 5.91 Å². The molecule has 0 heterocycles. The molecular formula is C20H25NO3. The maximum Gasteiger partial charge on any atom is 0.251 e. The molecule has 128 valence electrons. The van der Waals surface area contributed by atoms with Gasteiger partial charge in [0.15, 0.2) is 0 Å². The van der Waals surface area contributed by atoms with Crippen LogP contribution < -0.4 is 14.8 Å². The summed E-state index contributed by atoms with van der Waals surface area (Å²) in [6, 6.07) is 15.2. The molecular weight excluding hydrogens is 302 g/mol. The van der Waals surface area contributed by atoms with Gasteiger partial charge in [0.1, 0.15) is 11.5 Å². The van der Waals surface area contributed by atoms with Gasteiger partial charge < -0.3 is 14.8 Å². The summed E-state index contributed by atoms with van der Waals surface area (Å²) in [6.07, 6.45) is 1.74. The molecule has 0 atom stereocenters. The molecule has 1 amide bonds. The Morgan fingerprint density at radius 2 is 1.67 bits per heavy atom. The van der Waals surface area contributed by atoms with E-state index < -0.39 is 0 Å². The molecule has 2 aromatic carbocycles. The number of carbonyl (C=O) groups is 1. The number of hydrogen-bond donors (Lipinski definition) is 1. The van der Waals surface area contributed by atoms with Crippen molar-refractivity contribution in [2.75, 3.05) is 19.8 Å². The van der Waals surface area contributed by atoms with Crippen molar-refractivity contribution in [1.82, 2.24) is 5.32 Å². The molecule has 2 aromatic rings. The highest BCUT2D eigenvalue weighted by atomic mass is 16.5. The van der Waals surface area contributed by atoms with Gasteiger partial charge in [-0.3, -0.25) is 4.79 Å². The number of aryl methyl sites for hydroxylation is 1. The summed E-state index contributed by atoms with van der Waals surface area (Å²) < 4.78 is 11.0. The summed E-state index contributed by atoms with van der Waals surface area (Å²) in [6.45, 7) is 5.82. The number of ether oxygens (including phenoxy) is 2. The molecule has 0 aromatic heterocycles. The molecule has 0 saturated heterocycles. The average molecular weight is 327 g/mol. The Balaban J connectivity index is 1.78. The third-order valence-electron chi connectivity index (χ3n) is 3.61. The number of rotatable bonds is 9. The van der Waals surface area contributed by atoms with Crippen LogP contribution in [-0.2, 0) is 6.42 Å². The van der Waals surface area contributed by atoms with E-state index in [0.29, 0.717) is 25.3 Å². The van der Waals surface area contributed by atoms with E-state index in [1.165, 1.54) is 5.56 Å². The van der Waals surface area contributed by atoms with E-state index in [1.807, 2.05) is 44.2 Å². The second-order valence-corrected chi connectivity index (χ2v) is 5.36. The third-order valence-corrected chi connectivity index (χ3v) is 3.61. The van der Waals surface area contributed by atoms with E-state index in [-0.39, 0.29) is 5.91 Å². The van der Waals surface area contributed by atoms with Crippen LogP contribution >= 0.6 is 0 Å². The zero-order valence-corrected chi connectivity index (χ0v) is 14.4. The predicted molar refractivity (Wildman–Crippen MR) is 95.9 cm³/mol. The van der Waals surface area contributed by atoms with E-state index in [4.69, 9.17) is 9.47 Å². The molecule has 2 rings (SSSR count). The topological polar surface area (TPSA) is 47.6 Å². The minimum absolute atomic E-state index is 0.0591. The molecule has 0 aliphatic carbocycles. The summed E-state index contributed by atoms with van der Waals surface area (Å²) in [4.78, 5) is 12.1. The Morgan fingerprint density at radius 1 is 0.958 bits per heavy atom. The lowest BCUT2D eigenvalue weighted by Crippen LogP contribution is -2.24. The highest BCUT2D eigenvalue weighted by Crippen LogP contribution is 2.19. The fraction of sp³-hybridized carbons (Fsp3) is 0.350. The third kappa shape index (κ3) is 5.30. The van der Waals surface area contributed by atoms with Crippen LogP contribution in [0.5, 0.6) is 11.5 Å². The molecule has 0 unspecified atom stereocenters.